The number of nitrogens with one attached hydrogen (secondary N) is 1. The maximum Gasteiger partial charge on any atom is 0.236 e. The molecule has 1 aliphatic heterocycles. The van der Waals surface area contributed by atoms with Gasteiger partial charge in [-0.1, -0.05) is 6.92 Å². The highest BCUT2D eigenvalue weighted by Gasteiger charge is 2.14. The van der Waals surface area contributed by atoms with Gasteiger partial charge in [0.15, 0.2) is 0 Å². The fourth-order valence-electron chi connectivity index (χ4n) is 2.00. The van der Waals surface area contributed by atoms with Gasteiger partial charge in [-0.2, -0.15) is 0 Å². The number of nitrogens with two attached hydrogens (primary N) is 1. The summed E-state index contributed by atoms with van der Waals surface area (Å²) in [7, 11) is 0. The van der Waals surface area contributed by atoms with Crippen molar-refractivity contribution in [3.8, 4) is 0 Å². The highest BCUT2D eigenvalue weighted by atomic mass is 16.2. The second-order valence-corrected chi connectivity index (χ2v) is 4.71. The molecule has 0 saturated carbocycles. The summed E-state index contributed by atoms with van der Waals surface area (Å²) in [6.07, 6.45) is 1.00. The molecule has 1 amide bonds. The molecule has 5 heteroatoms. The van der Waals surface area contributed by atoms with Crippen molar-refractivity contribution in [2.75, 3.05) is 45.8 Å². The molecule has 5 nitrogen and oxygen atoms in total. The normalized spacial score (nSPS) is 20.2. The average molecular weight is 242 g/mol. The molecule has 0 spiro atoms. The van der Waals surface area contributed by atoms with E-state index in [-0.39, 0.29) is 5.91 Å². The van der Waals surface area contributed by atoms with E-state index in [0.717, 1.165) is 39.1 Å². The number of carbonyl (C=O) groups excluding carboxylic acids is 1. The molecule has 1 unspecified atom stereocenters. The Hall–Kier alpha value is -0.650. The number of hydrogen-bond acceptors (Lipinski definition) is 4. The quantitative estimate of drug-likeness (QED) is 0.615. The molecule has 17 heavy (non-hydrogen) atoms. The number of carbonyl (C=O) groups is 1. The standard InChI is InChI=1S/C12H26N4O/c1-3-15-7-9-16(10-8-15)6-4-5-14-12(17)11(2)13/h11H,3-10,13H2,1-2H3,(H,14,17). The smallest absolute Gasteiger partial charge is 0.236 e. The Labute approximate surface area is 104 Å². The van der Waals surface area contributed by atoms with E-state index in [1.54, 1.807) is 6.92 Å². The van der Waals surface area contributed by atoms with E-state index in [2.05, 4.69) is 22.0 Å². The van der Waals surface area contributed by atoms with E-state index < -0.39 is 6.04 Å². The molecule has 0 aliphatic carbocycles. The van der Waals surface area contributed by atoms with Crippen molar-refractivity contribution in [2.24, 2.45) is 5.73 Å². The third-order valence-electron chi connectivity index (χ3n) is 3.28. The minimum absolute atomic E-state index is 0.0548. The van der Waals surface area contributed by atoms with Crippen LogP contribution in [0.3, 0.4) is 0 Å². The van der Waals surface area contributed by atoms with Crippen LogP contribution in [0.25, 0.3) is 0 Å². The van der Waals surface area contributed by atoms with E-state index in [9.17, 15) is 4.79 Å². The van der Waals surface area contributed by atoms with Gasteiger partial charge in [-0.05, 0) is 26.4 Å². The topological polar surface area (TPSA) is 61.6 Å². The van der Waals surface area contributed by atoms with Crippen molar-refractivity contribution in [2.45, 2.75) is 26.3 Å². The molecule has 1 rings (SSSR count). The average Bonchev–Trinajstić information content (AvgIpc) is 2.35. The van der Waals surface area contributed by atoms with E-state index >= 15 is 0 Å². The molecule has 1 saturated heterocycles. The molecule has 0 aromatic heterocycles. The number of likely N-dealkylation sites (N-methyl/N-ethyl adjacent to an activating group) is 1. The maximum absolute atomic E-state index is 11.2. The van der Waals surface area contributed by atoms with Crippen molar-refractivity contribution in [1.82, 2.24) is 15.1 Å². The molecule has 0 radical (unpaired) electrons. The molecule has 3 N–H and O–H groups in total. The minimum Gasteiger partial charge on any atom is -0.355 e. The van der Waals surface area contributed by atoms with Gasteiger partial charge in [-0.15, -0.1) is 0 Å². The first kappa shape index (κ1) is 14.4. The minimum atomic E-state index is -0.400. The Morgan fingerprint density at radius 2 is 1.88 bits per heavy atom. The Balaban J connectivity index is 2.02. The molecule has 0 aromatic rings. The van der Waals surface area contributed by atoms with Crippen molar-refractivity contribution >= 4 is 5.91 Å². The first-order valence-corrected chi connectivity index (χ1v) is 6.61. The van der Waals surface area contributed by atoms with E-state index in [1.807, 2.05) is 0 Å². The predicted octanol–water partition coefficient (Wildman–Crippen LogP) is -0.523. The van der Waals surface area contributed by atoms with Crippen molar-refractivity contribution in [3.63, 3.8) is 0 Å². The fraction of sp³-hybridized carbons (Fsp3) is 0.917. The number of hydrogen-bond donors (Lipinski definition) is 2. The van der Waals surface area contributed by atoms with Gasteiger partial charge in [0.1, 0.15) is 0 Å². The second-order valence-electron chi connectivity index (χ2n) is 4.71. The SMILES string of the molecule is CCN1CCN(CCCNC(=O)C(C)N)CC1. The lowest BCUT2D eigenvalue weighted by molar-refractivity contribution is -0.121. The van der Waals surface area contributed by atoms with Crippen LogP contribution in [0, 0.1) is 0 Å². The van der Waals surface area contributed by atoms with Gasteiger partial charge in [0.2, 0.25) is 5.91 Å². The van der Waals surface area contributed by atoms with Crippen molar-refractivity contribution < 1.29 is 4.79 Å². The Morgan fingerprint density at radius 1 is 1.29 bits per heavy atom. The van der Waals surface area contributed by atoms with E-state index in [1.165, 1.54) is 13.1 Å². The van der Waals surface area contributed by atoms with Crippen molar-refractivity contribution in [1.29, 1.82) is 0 Å². The third kappa shape index (κ3) is 5.48. The number of nitrogens with zero attached hydrogens (tertiary/aromatic N) is 2. The fourth-order valence-corrected chi connectivity index (χ4v) is 2.00. The molecular formula is C12H26N4O. The summed E-state index contributed by atoms with van der Waals surface area (Å²) in [4.78, 5) is 16.1. The molecule has 100 valence electrons. The zero-order chi connectivity index (χ0) is 12.7. The van der Waals surface area contributed by atoms with Crippen LogP contribution >= 0.6 is 0 Å². The van der Waals surface area contributed by atoms with Crippen LogP contribution in [0.5, 0.6) is 0 Å². The Bertz CT molecular complexity index is 225. The molecule has 1 heterocycles. The zero-order valence-electron chi connectivity index (χ0n) is 11.1. The van der Waals surface area contributed by atoms with Crippen LogP contribution in [-0.2, 0) is 4.79 Å². The van der Waals surface area contributed by atoms with Gasteiger partial charge in [0.05, 0.1) is 6.04 Å². The summed E-state index contributed by atoms with van der Waals surface area (Å²) in [5, 5.41) is 2.84. The van der Waals surface area contributed by atoms with Crippen LogP contribution in [0.2, 0.25) is 0 Å². The summed E-state index contributed by atoms with van der Waals surface area (Å²) in [5.41, 5.74) is 5.46. The Morgan fingerprint density at radius 3 is 2.41 bits per heavy atom. The monoisotopic (exact) mass is 242 g/mol. The first-order chi connectivity index (χ1) is 8.13. The zero-order valence-corrected chi connectivity index (χ0v) is 11.1. The summed E-state index contributed by atoms with van der Waals surface area (Å²) in [5.74, 6) is -0.0548. The van der Waals surface area contributed by atoms with Gasteiger partial charge in [0, 0.05) is 32.7 Å². The number of amides is 1. The van der Waals surface area contributed by atoms with E-state index in [4.69, 9.17) is 5.73 Å². The molecular weight excluding hydrogens is 216 g/mol. The lowest BCUT2D eigenvalue weighted by Gasteiger charge is -2.33. The van der Waals surface area contributed by atoms with Gasteiger partial charge in [-0.25, -0.2) is 0 Å². The molecule has 1 fully saturated rings. The summed E-state index contributed by atoms with van der Waals surface area (Å²) >= 11 is 0. The lowest BCUT2D eigenvalue weighted by Crippen LogP contribution is -2.47. The summed E-state index contributed by atoms with van der Waals surface area (Å²) in [6.45, 7) is 11.5. The summed E-state index contributed by atoms with van der Waals surface area (Å²) in [6, 6.07) is -0.400. The molecule has 1 atom stereocenters. The largest absolute Gasteiger partial charge is 0.355 e. The molecule has 0 bridgehead atoms. The third-order valence-corrected chi connectivity index (χ3v) is 3.28. The highest BCUT2D eigenvalue weighted by molar-refractivity contribution is 5.80. The maximum atomic E-state index is 11.2. The van der Waals surface area contributed by atoms with Gasteiger partial charge in [-0.3, -0.25) is 4.79 Å². The number of rotatable bonds is 6. The summed E-state index contributed by atoms with van der Waals surface area (Å²) < 4.78 is 0. The van der Waals surface area contributed by atoms with Crippen LogP contribution in [0.4, 0.5) is 0 Å². The highest BCUT2D eigenvalue weighted by Crippen LogP contribution is 2.01. The van der Waals surface area contributed by atoms with Crippen LogP contribution in [0.15, 0.2) is 0 Å². The lowest BCUT2D eigenvalue weighted by atomic mass is 10.3. The second kappa shape index (κ2) is 7.63. The van der Waals surface area contributed by atoms with E-state index in [0.29, 0.717) is 0 Å². The molecule has 0 aromatic carbocycles. The van der Waals surface area contributed by atoms with Crippen LogP contribution < -0.4 is 11.1 Å². The van der Waals surface area contributed by atoms with Crippen molar-refractivity contribution in [3.05, 3.63) is 0 Å². The van der Waals surface area contributed by atoms with Gasteiger partial charge >= 0.3 is 0 Å². The van der Waals surface area contributed by atoms with Gasteiger partial charge < -0.3 is 20.9 Å². The Kier molecular flexibility index (Phi) is 6.47. The van der Waals surface area contributed by atoms with Crippen LogP contribution in [0.1, 0.15) is 20.3 Å². The predicted molar refractivity (Wildman–Crippen MR) is 69.8 cm³/mol. The molecule has 1 aliphatic rings. The van der Waals surface area contributed by atoms with Crippen LogP contribution in [-0.4, -0.2) is 67.6 Å². The number of piperazine rings is 1. The first-order valence-electron chi connectivity index (χ1n) is 6.61. The van der Waals surface area contributed by atoms with Gasteiger partial charge in [0.25, 0.3) is 0 Å².